The van der Waals surface area contributed by atoms with Crippen LogP contribution in [0.1, 0.15) is 12.5 Å². The molecule has 2 aromatic rings. The van der Waals surface area contributed by atoms with E-state index in [-0.39, 0.29) is 11.9 Å². The number of likely N-dealkylation sites (tertiary alicyclic amines) is 1. The first-order chi connectivity index (χ1) is 11.2. The fourth-order valence-electron chi connectivity index (χ4n) is 2.49. The van der Waals surface area contributed by atoms with Crippen molar-refractivity contribution >= 4 is 11.9 Å². The third kappa shape index (κ3) is 3.97. The molecule has 0 radical (unpaired) electrons. The average Bonchev–Trinajstić information content (AvgIpc) is 2.53. The monoisotopic (exact) mass is 312 g/mol. The molecule has 1 aromatic heterocycles. The number of ether oxygens (including phenoxy) is 1. The van der Waals surface area contributed by atoms with Crippen LogP contribution in [0, 0.1) is 0 Å². The van der Waals surface area contributed by atoms with Gasteiger partial charge in [0, 0.05) is 25.5 Å². The molecule has 0 spiro atoms. The first kappa shape index (κ1) is 15.3. The molecule has 1 aliphatic rings. The van der Waals surface area contributed by atoms with E-state index in [9.17, 15) is 4.79 Å². The Morgan fingerprint density at radius 2 is 1.96 bits per heavy atom. The van der Waals surface area contributed by atoms with E-state index in [1.54, 1.807) is 18.5 Å². The largest absolute Gasteiger partial charge is 0.494 e. The van der Waals surface area contributed by atoms with E-state index in [1.165, 1.54) is 0 Å². The van der Waals surface area contributed by atoms with E-state index in [1.807, 2.05) is 36.1 Å². The highest BCUT2D eigenvalue weighted by Crippen LogP contribution is 2.16. The summed E-state index contributed by atoms with van der Waals surface area (Å²) in [6.45, 7) is 3.97. The number of rotatable bonds is 6. The van der Waals surface area contributed by atoms with Gasteiger partial charge in [-0.25, -0.2) is 9.97 Å². The van der Waals surface area contributed by atoms with Crippen LogP contribution in [0.25, 0.3) is 0 Å². The van der Waals surface area contributed by atoms with E-state index in [0.717, 1.165) is 11.3 Å². The summed E-state index contributed by atoms with van der Waals surface area (Å²) in [5, 5.41) is 3.22. The van der Waals surface area contributed by atoms with Crippen molar-refractivity contribution in [1.29, 1.82) is 0 Å². The molecule has 1 amide bonds. The Morgan fingerprint density at radius 1 is 1.26 bits per heavy atom. The second kappa shape index (κ2) is 7.09. The minimum atomic E-state index is 0.140. The average molecular weight is 312 g/mol. The number of nitrogens with zero attached hydrogens (tertiary/aromatic N) is 3. The van der Waals surface area contributed by atoms with Crippen molar-refractivity contribution < 1.29 is 9.53 Å². The maximum atomic E-state index is 12.2. The van der Waals surface area contributed by atoms with Gasteiger partial charge in [-0.1, -0.05) is 12.1 Å². The summed E-state index contributed by atoms with van der Waals surface area (Å²) >= 11 is 0. The lowest BCUT2D eigenvalue weighted by Gasteiger charge is -2.39. The SMILES string of the molecule is CCOc1ccc(CC(=O)N2CC(Nc3ncccn3)C2)cc1. The van der Waals surface area contributed by atoms with Gasteiger partial charge in [0.2, 0.25) is 11.9 Å². The van der Waals surface area contributed by atoms with Crippen molar-refractivity contribution in [2.24, 2.45) is 0 Å². The van der Waals surface area contributed by atoms with Gasteiger partial charge in [-0.2, -0.15) is 0 Å². The maximum absolute atomic E-state index is 12.2. The lowest BCUT2D eigenvalue weighted by Crippen LogP contribution is -2.57. The lowest BCUT2D eigenvalue weighted by atomic mass is 10.1. The molecule has 23 heavy (non-hydrogen) atoms. The normalized spacial score (nSPS) is 14.2. The molecule has 0 saturated carbocycles. The summed E-state index contributed by atoms with van der Waals surface area (Å²) in [7, 11) is 0. The number of carbonyl (C=O) groups excluding carboxylic acids is 1. The zero-order chi connectivity index (χ0) is 16.1. The fourth-order valence-corrected chi connectivity index (χ4v) is 2.49. The Kier molecular flexibility index (Phi) is 4.71. The number of hydrogen-bond donors (Lipinski definition) is 1. The van der Waals surface area contributed by atoms with Crippen LogP contribution in [0.3, 0.4) is 0 Å². The van der Waals surface area contributed by atoms with Crippen molar-refractivity contribution in [3.8, 4) is 5.75 Å². The van der Waals surface area contributed by atoms with Gasteiger partial charge >= 0.3 is 0 Å². The molecule has 0 unspecified atom stereocenters. The molecule has 1 fully saturated rings. The van der Waals surface area contributed by atoms with Crippen molar-refractivity contribution in [2.75, 3.05) is 25.0 Å². The van der Waals surface area contributed by atoms with Gasteiger partial charge in [0.05, 0.1) is 19.1 Å². The quantitative estimate of drug-likeness (QED) is 0.880. The zero-order valence-corrected chi connectivity index (χ0v) is 13.1. The topological polar surface area (TPSA) is 67.3 Å². The van der Waals surface area contributed by atoms with Crippen molar-refractivity contribution in [2.45, 2.75) is 19.4 Å². The zero-order valence-electron chi connectivity index (χ0n) is 13.1. The number of amides is 1. The predicted octanol–water partition coefficient (Wildman–Crippen LogP) is 1.74. The van der Waals surface area contributed by atoms with Gasteiger partial charge in [0.1, 0.15) is 5.75 Å². The van der Waals surface area contributed by atoms with Crippen LogP contribution < -0.4 is 10.1 Å². The Balaban J connectivity index is 1.45. The molecule has 1 aromatic carbocycles. The third-order valence-electron chi connectivity index (χ3n) is 3.72. The first-order valence-electron chi connectivity index (χ1n) is 7.77. The number of carbonyl (C=O) groups is 1. The lowest BCUT2D eigenvalue weighted by molar-refractivity contribution is -0.134. The van der Waals surface area contributed by atoms with Crippen molar-refractivity contribution in [3.05, 3.63) is 48.3 Å². The van der Waals surface area contributed by atoms with E-state index >= 15 is 0 Å². The maximum Gasteiger partial charge on any atom is 0.227 e. The molecule has 2 heterocycles. The molecule has 0 bridgehead atoms. The number of aromatic nitrogens is 2. The van der Waals surface area contributed by atoms with Crippen molar-refractivity contribution in [3.63, 3.8) is 0 Å². The number of hydrogen-bond acceptors (Lipinski definition) is 5. The number of nitrogens with one attached hydrogen (secondary N) is 1. The molecule has 120 valence electrons. The number of anilines is 1. The summed E-state index contributed by atoms with van der Waals surface area (Å²) in [5.74, 6) is 1.58. The Morgan fingerprint density at radius 3 is 2.61 bits per heavy atom. The predicted molar refractivity (Wildman–Crippen MR) is 87.3 cm³/mol. The molecule has 6 nitrogen and oxygen atoms in total. The molecule has 0 aliphatic carbocycles. The summed E-state index contributed by atoms with van der Waals surface area (Å²) in [6, 6.07) is 9.69. The van der Waals surface area contributed by atoms with Gasteiger partial charge in [0.15, 0.2) is 0 Å². The Bertz CT molecular complexity index is 639. The highest BCUT2D eigenvalue weighted by molar-refractivity contribution is 5.79. The summed E-state index contributed by atoms with van der Waals surface area (Å²) in [6.07, 6.45) is 3.81. The van der Waals surface area contributed by atoms with Crippen LogP contribution >= 0.6 is 0 Å². The Labute approximate surface area is 135 Å². The fraction of sp³-hybridized carbons (Fsp3) is 0.353. The minimum Gasteiger partial charge on any atom is -0.494 e. The molecule has 1 N–H and O–H groups in total. The first-order valence-corrected chi connectivity index (χ1v) is 7.77. The molecule has 6 heteroatoms. The number of benzene rings is 1. The second-order valence-electron chi connectivity index (χ2n) is 5.47. The van der Waals surface area contributed by atoms with Gasteiger partial charge in [-0.05, 0) is 30.7 Å². The second-order valence-corrected chi connectivity index (χ2v) is 5.47. The van der Waals surface area contributed by atoms with Crippen LogP contribution in [0.5, 0.6) is 5.75 Å². The van der Waals surface area contributed by atoms with Gasteiger partial charge < -0.3 is 15.0 Å². The van der Waals surface area contributed by atoms with Crippen LogP contribution in [0.4, 0.5) is 5.95 Å². The van der Waals surface area contributed by atoms with Gasteiger partial charge in [-0.3, -0.25) is 4.79 Å². The van der Waals surface area contributed by atoms with Crippen LogP contribution in [-0.2, 0) is 11.2 Å². The molecule has 1 saturated heterocycles. The van der Waals surface area contributed by atoms with Crippen LogP contribution in [0.15, 0.2) is 42.7 Å². The van der Waals surface area contributed by atoms with E-state index in [2.05, 4.69) is 15.3 Å². The summed E-state index contributed by atoms with van der Waals surface area (Å²) in [5.41, 5.74) is 1.00. The highest BCUT2D eigenvalue weighted by atomic mass is 16.5. The molecular formula is C17H20N4O2. The summed E-state index contributed by atoms with van der Waals surface area (Å²) < 4.78 is 5.40. The third-order valence-corrected chi connectivity index (χ3v) is 3.72. The van der Waals surface area contributed by atoms with Crippen molar-refractivity contribution in [1.82, 2.24) is 14.9 Å². The Hall–Kier alpha value is -2.63. The molecule has 0 atom stereocenters. The van der Waals surface area contributed by atoms with E-state index in [0.29, 0.717) is 32.1 Å². The van der Waals surface area contributed by atoms with E-state index < -0.39 is 0 Å². The summed E-state index contributed by atoms with van der Waals surface area (Å²) in [4.78, 5) is 22.3. The van der Waals surface area contributed by atoms with Gasteiger partial charge in [0.25, 0.3) is 0 Å². The van der Waals surface area contributed by atoms with Gasteiger partial charge in [-0.15, -0.1) is 0 Å². The van der Waals surface area contributed by atoms with E-state index in [4.69, 9.17) is 4.74 Å². The van der Waals surface area contributed by atoms with Crippen LogP contribution in [0.2, 0.25) is 0 Å². The molecule has 1 aliphatic heterocycles. The standard InChI is InChI=1S/C17H20N4O2/c1-2-23-15-6-4-13(5-7-15)10-16(22)21-11-14(12-21)20-17-18-8-3-9-19-17/h3-9,14H,2,10-12H2,1H3,(H,18,19,20). The molecular weight excluding hydrogens is 292 g/mol. The van der Waals surface area contributed by atoms with Crippen LogP contribution in [-0.4, -0.2) is 46.5 Å². The smallest absolute Gasteiger partial charge is 0.227 e. The highest BCUT2D eigenvalue weighted by Gasteiger charge is 2.30. The minimum absolute atomic E-state index is 0.140. The molecule has 3 rings (SSSR count).